The number of hydrogen-bond donors (Lipinski definition) is 0. The fourth-order valence-corrected chi connectivity index (χ4v) is 8.29. The van der Waals surface area contributed by atoms with Gasteiger partial charge < -0.3 is 37.9 Å². The minimum Gasteiger partial charge on any atom is -0.492 e. The van der Waals surface area contributed by atoms with Crippen LogP contribution in [0.15, 0.2) is 78.9 Å². The maximum atomic E-state index is 6.01. The van der Waals surface area contributed by atoms with Crippen molar-refractivity contribution in [2.45, 2.75) is 13.5 Å². The largest absolute Gasteiger partial charge is 2.00 e. The molecule has 4 aromatic rings. The first-order valence-corrected chi connectivity index (χ1v) is 21.4. The number of hydrogen-bond acceptors (Lipinski definition) is 8. The molecule has 0 atom stereocenters. The van der Waals surface area contributed by atoms with Gasteiger partial charge in [0.1, 0.15) is 0 Å². The van der Waals surface area contributed by atoms with Gasteiger partial charge in [0.15, 0.2) is 33.6 Å². The molecule has 4 rings (SSSR count). The van der Waals surface area contributed by atoms with Gasteiger partial charge in [-0.25, -0.2) is 0 Å². The average Bonchev–Trinajstić information content (AvgIpc) is 3.14. The van der Waals surface area contributed by atoms with Gasteiger partial charge in [0.05, 0.1) is 76.0 Å². The summed E-state index contributed by atoms with van der Waals surface area (Å²) < 4.78 is 45.6. The van der Waals surface area contributed by atoms with Crippen molar-refractivity contribution in [2.24, 2.45) is 0 Å². The van der Waals surface area contributed by atoms with Crippen LogP contribution in [-0.2, 0) is 42.0 Å². The number of methoxy groups -OCH3 is 5. The van der Waals surface area contributed by atoms with E-state index in [-0.39, 0.29) is 24.4 Å². The molecule has 0 saturated heterocycles. The van der Waals surface area contributed by atoms with E-state index in [1.54, 1.807) is 35.5 Å². The zero-order chi connectivity index (χ0) is 37.4. The topological polar surface area (TPSA) is 73.8 Å². The van der Waals surface area contributed by atoms with Crippen molar-refractivity contribution in [1.82, 2.24) is 0 Å². The minimum atomic E-state index is -1.84. The number of benzene rings is 4. The van der Waals surface area contributed by atoms with Crippen molar-refractivity contribution >= 4 is 31.8 Å². The maximum absolute atomic E-state index is 6.01. The van der Waals surface area contributed by atoms with Crippen LogP contribution < -0.4 is 34.9 Å². The quantitative estimate of drug-likeness (QED) is 0.0491. The summed E-state index contributed by atoms with van der Waals surface area (Å²) in [4.78, 5) is 0. The monoisotopic (exact) mass is 798 g/mol. The van der Waals surface area contributed by atoms with Gasteiger partial charge in [-0.15, -0.1) is 17.2 Å². The summed E-state index contributed by atoms with van der Waals surface area (Å²) in [6.07, 6.45) is 0. The second-order valence-electron chi connectivity index (χ2n) is 11.7. The van der Waals surface area contributed by atoms with Crippen molar-refractivity contribution in [3.05, 3.63) is 109 Å². The third kappa shape index (κ3) is 16.0. The van der Waals surface area contributed by atoms with Crippen LogP contribution in [0.25, 0.3) is 0 Å². The molecule has 4 aromatic carbocycles. The first kappa shape index (κ1) is 47.2. The van der Waals surface area contributed by atoms with Gasteiger partial charge in [-0.2, -0.15) is 43.3 Å². The van der Waals surface area contributed by atoms with Gasteiger partial charge in [0, 0.05) is 39.0 Å². The molecule has 0 amide bonds. The van der Waals surface area contributed by atoms with E-state index in [0.29, 0.717) is 46.2 Å². The molecule has 0 radical (unpaired) electrons. The second kappa shape index (κ2) is 27.7. The molecule has 0 fully saturated rings. The Morgan fingerprint density at radius 1 is 0.596 bits per heavy atom. The van der Waals surface area contributed by atoms with E-state index < -0.39 is 7.92 Å². The SMILES string of the molecule is C[PH+](C)C.[CH2-]c1c(COCCOCCOCCOC)cc(C)cc1[PH+](c1c(OC)cccc1OC)c1c(OC)cccc1OC.[Ni+2].[c-]1ccccc1. The Bertz CT molecular complexity index is 1400. The molecule has 8 nitrogen and oxygen atoms in total. The molecule has 0 heterocycles. The van der Waals surface area contributed by atoms with Gasteiger partial charge in [0.2, 0.25) is 0 Å². The van der Waals surface area contributed by atoms with Gasteiger partial charge in [-0.05, 0) is 39.1 Å². The summed E-state index contributed by atoms with van der Waals surface area (Å²) in [5.74, 6) is 2.92. The summed E-state index contributed by atoms with van der Waals surface area (Å²) in [5.41, 5.74) is 3.01. The minimum absolute atomic E-state index is 0. The van der Waals surface area contributed by atoms with Gasteiger partial charge in [0.25, 0.3) is 0 Å². The molecule has 0 saturated carbocycles. The fraction of sp³-hybridized carbons (Fsp3) is 0.390. The Labute approximate surface area is 325 Å². The van der Waals surface area contributed by atoms with Crippen LogP contribution in [0.3, 0.4) is 0 Å². The molecule has 0 unspecified atom stereocenters. The van der Waals surface area contributed by atoms with Crippen LogP contribution in [0.1, 0.15) is 16.7 Å². The predicted molar refractivity (Wildman–Crippen MR) is 216 cm³/mol. The van der Waals surface area contributed by atoms with Crippen molar-refractivity contribution in [2.75, 3.05) is 95.2 Å². The zero-order valence-corrected chi connectivity index (χ0v) is 35.2. The molecule has 52 heavy (non-hydrogen) atoms. The van der Waals surface area contributed by atoms with Crippen molar-refractivity contribution in [1.29, 1.82) is 0 Å². The van der Waals surface area contributed by atoms with Crippen LogP contribution in [0.5, 0.6) is 23.0 Å². The van der Waals surface area contributed by atoms with Crippen molar-refractivity contribution in [3.8, 4) is 23.0 Å². The molecular formula is C41H58NiO8P2+2. The van der Waals surface area contributed by atoms with E-state index in [1.807, 2.05) is 66.7 Å². The van der Waals surface area contributed by atoms with Gasteiger partial charge >= 0.3 is 16.5 Å². The van der Waals surface area contributed by atoms with Crippen LogP contribution in [0.2, 0.25) is 0 Å². The van der Waals surface area contributed by atoms with E-state index in [0.717, 1.165) is 55.6 Å². The predicted octanol–water partition coefficient (Wildman–Crippen LogP) is 6.47. The third-order valence-electron chi connectivity index (χ3n) is 7.15. The maximum Gasteiger partial charge on any atom is 2.00 e. The molecule has 0 aromatic heterocycles. The first-order chi connectivity index (χ1) is 24.7. The standard InChI is InChI=1S/C32H42O8P.C6H5.C3H9P.Ni/c1-23-20-25(22-40-19-18-39-17-16-38-15-14-33-3)24(2)30(21-23)41(31-26(34-4)10-8-11-27(31)35-5)32-28(36-6)12-9-13-29(32)37-7;1-2-4-6-5-3-1;1-4(2)3;/h8-13,20-21H,2,14-19,22H2,1,3-7H3;1-5H;1-3H3;/q2*-1;;+2/p+2. The van der Waals surface area contributed by atoms with E-state index in [4.69, 9.17) is 37.9 Å². The van der Waals surface area contributed by atoms with Crippen molar-refractivity contribution < 1.29 is 54.4 Å². The van der Waals surface area contributed by atoms with E-state index >= 15 is 0 Å². The van der Waals surface area contributed by atoms with E-state index in [2.05, 4.69) is 52.0 Å². The second-order valence-corrected chi connectivity index (χ2v) is 17.0. The Hall–Kier alpha value is -2.86. The molecule has 0 aliphatic rings. The molecule has 0 bridgehead atoms. The van der Waals surface area contributed by atoms with Crippen LogP contribution >= 0.6 is 15.8 Å². The average molecular weight is 800 g/mol. The molecule has 11 heteroatoms. The van der Waals surface area contributed by atoms with Gasteiger partial charge in [-0.3, -0.25) is 0 Å². The summed E-state index contributed by atoms with van der Waals surface area (Å²) in [6, 6.07) is 28.5. The zero-order valence-electron chi connectivity index (χ0n) is 32.2. The molecule has 0 spiro atoms. The van der Waals surface area contributed by atoms with Crippen molar-refractivity contribution in [3.63, 3.8) is 0 Å². The number of aryl methyl sites for hydroxylation is 1. The van der Waals surface area contributed by atoms with Crippen LogP contribution in [0, 0.1) is 19.9 Å². The summed E-state index contributed by atoms with van der Waals surface area (Å²) in [6.45, 7) is 16.9. The molecule has 0 aliphatic carbocycles. The normalized spacial score (nSPS) is 10.4. The van der Waals surface area contributed by atoms with Gasteiger partial charge in [-0.1, -0.05) is 23.8 Å². The number of ether oxygens (including phenoxy) is 8. The van der Waals surface area contributed by atoms with Crippen LogP contribution in [0.4, 0.5) is 0 Å². The Kier molecular flexibility index (Phi) is 25.1. The van der Waals surface area contributed by atoms with E-state index in [9.17, 15) is 0 Å². The summed E-state index contributed by atoms with van der Waals surface area (Å²) in [5, 5.41) is 2.98. The Balaban J connectivity index is 0.00000107. The Morgan fingerprint density at radius 2 is 1.02 bits per heavy atom. The molecule has 288 valence electrons. The first-order valence-electron chi connectivity index (χ1n) is 16.9. The third-order valence-corrected chi connectivity index (χ3v) is 10.1. The van der Waals surface area contributed by atoms with E-state index in [1.165, 1.54) is 0 Å². The fourth-order valence-electron chi connectivity index (χ4n) is 4.94. The molecule has 0 N–H and O–H groups in total. The number of rotatable bonds is 18. The Morgan fingerprint density at radius 3 is 1.38 bits per heavy atom. The van der Waals surface area contributed by atoms with Crippen LogP contribution in [-0.4, -0.2) is 95.2 Å². The summed E-state index contributed by atoms with van der Waals surface area (Å²) in [7, 11) is 6.62. The molecule has 0 aliphatic heterocycles. The molecular weight excluding hydrogens is 741 g/mol. The smallest absolute Gasteiger partial charge is 0.492 e. The summed E-state index contributed by atoms with van der Waals surface area (Å²) >= 11 is 0.